The first-order valence-corrected chi connectivity index (χ1v) is 10.1. The maximum absolute atomic E-state index is 12.5. The lowest BCUT2D eigenvalue weighted by Gasteiger charge is -2.18. The second-order valence-electron chi connectivity index (χ2n) is 7.63. The smallest absolute Gasteiger partial charge is 0.191 e. The first-order valence-electron chi connectivity index (χ1n) is 9.10. The standard InChI is InChI=1S/C22H25N3O2S/c1-22(2,3)17-10-6-15(7-11-17)19(26)14-28-21-24-23-20(25(21)4)16-8-12-18(27-5)13-9-16/h6-13H,14H2,1-5H3. The van der Waals surface area contributed by atoms with Crippen LogP contribution in [-0.2, 0) is 12.5 Å². The van der Waals surface area contributed by atoms with Gasteiger partial charge >= 0.3 is 0 Å². The van der Waals surface area contributed by atoms with E-state index in [0.717, 1.165) is 22.7 Å². The Balaban J connectivity index is 1.67. The van der Waals surface area contributed by atoms with E-state index in [-0.39, 0.29) is 11.2 Å². The number of nitrogens with zero attached hydrogens (tertiary/aromatic N) is 3. The summed E-state index contributed by atoms with van der Waals surface area (Å²) in [5.74, 6) is 1.96. The van der Waals surface area contributed by atoms with Crippen molar-refractivity contribution in [1.82, 2.24) is 14.8 Å². The molecule has 0 radical (unpaired) electrons. The van der Waals surface area contributed by atoms with Gasteiger partial charge in [0.25, 0.3) is 0 Å². The highest BCUT2D eigenvalue weighted by Gasteiger charge is 2.16. The van der Waals surface area contributed by atoms with Crippen molar-refractivity contribution in [3.63, 3.8) is 0 Å². The van der Waals surface area contributed by atoms with Crippen molar-refractivity contribution in [3.8, 4) is 17.1 Å². The van der Waals surface area contributed by atoms with Gasteiger partial charge in [0.2, 0.25) is 0 Å². The zero-order valence-corrected chi connectivity index (χ0v) is 17.7. The van der Waals surface area contributed by atoms with Gasteiger partial charge in [0.15, 0.2) is 16.8 Å². The Morgan fingerprint density at radius 3 is 2.25 bits per heavy atom. The van der Waals surface area contributed by atoms with Crippen molar-refractivity contribution in [2.75, 3.05) is 12.9 Å². The maximum atomic E-state index is 12.5. The van der Waals surface area contributed by atoms with Crippen LogP contribution in [0.25, 0.3) is 11.4 Å². The lowest BCUT2D eigenvalue weighted by atomic mass is 9.86. The molecule has 0 aliphatic carbocycles. The SMILES string of the molecule is COc1ccc(-c2nnc(SCC(=O)c3ccc(C(C)(C)C)cc3)n2C)cc1. The highest BCUT2D eigenvalue weighted by atomic mass is 32.2. The summed E-state index contributed by atoms with van der Waals surface area (Å²) < 4.78 is 7.09. The molecule has 2 aromatic carbocycles. The average molecular weight is 396 g/mol. The predicted molar refractivity (Wildman–Crippen MR) is 113 cm³/mol. The number of methoxy groups -OCH3 is 1. The number of rotatable bonds is 6. The van der Waals surface area contributed by atoms with Gasteiger partial charge in [-0.25, -0.2) is 0 Å². The van der Waals surface area contributed by atoms with Crippen LogP contribution in [0.5, 0.6) is 5.75 Å². The molecule has 0 N–H and O–H groups in total. The Bertz CT molecular complexity index is 955. The number of thioether (sulfide) groups is 1. The Kier molecular flexibility index (Phi) is 5.89. The van der Waals surface area contributed by atoms with Gasteiger partial charge in [-0.2, -0.15) is 0 Å². The molecule has 0 aliphatic heterocycles. The highest BCUT2D eigenvalue weighted by Crippen LogP contribution is 2.26. The zero-order valence-electron chi connectivity index (χ0n) is 16.9. The van der Waals surface area contributed by atoms with E-state index in [1.165, 1.54) is 17.3 Å². The molecular formula is C22H25N3O2S. The average Bonchev–Trinajstić information content (AvgIpc) is 3.06. The van der Waals surface area contributed by atoms with E-state index in [9.17, 15) is 4.79 Å². The second-order valence-corrected chi connectivity index (χ2v) is 8.58. The third-order valence-electron chi connectivity index (χ3n) is 4.59. The van der Waals surface area contributed by atoms with E-state index in [0.29, 0.717) is 10.9 Å². The van der Waals surface area contributed by atoms with Crippen LogP contribution in [0.1, 0.15) is 36.7 Å². The molecule has 0 fully saturated rings. The molecule has 5 nitrogen and oxygen atoms in total. The first kappa shape index (κ1) is 20.1. The van der Waals surface area contributed by atoms with Crippen LogP contribution in [-0.4, -0.2) is 33.4 Å². The van der Waals surface area contributed by atoms with Gasteiger partial charge in [0, 0.05) is 18.2 Å². The highest BCUT2D eigenvalue weighted by molar-refractivity contribution is 7.99. The molecule has 0 saturated heterocycles. The number of aromatic nitrogens is 3. The minimum atomic E-state index is 0.0762. The second kappa shape index (κ2) is 8.19. The van der Waals surface area contributed by atoms with Crippen molar-refractivity contribution >= 4 is 17.5 Å². The summed E-state index contributed by atoms with van der Waals surface area (Å²) in [6.07, 6.45) is 0. The zero-order chi connectivity index (χ0) is 20.3. The number of carbonyl (C=O) groups is 1. The maximum Gasteiger partial charge on any atom is 0.191 e. The summed E-state index contributed by atoms with van der Waals surface area (Å²) in [4.78, 5) is 12.5. The molecule has 1 aromatic heterocycles. The lowest BCUT2D eigenvalue weighted by Crippen LogP contribution is -2.11. The Hall–Kier alpha value is -2.60. The van der Waals surface area contributed by atoms with E-state index in [1.807, 2.05) is 60.1 Å². The number of ketones is 1. The molecule has 0 bridgehead atoms. The summed E-state index contributed by atoms with van der Waals surface area (Å²) in [6, 6.07) is 15.5. The minimum absolute atomic E-state index is 0.0762. The van der Waals surface area contributed by atoms with Gasteiger partial charge in [0.05, 0.1) is 12.9 Å². The van der Waals surface area contributed by atoms with Gasteiger partial charge in [-0.05, 0) is 35.2 Å². The van der Waals surface area contributed by atoms with Crippen molar-refractivity contribution in [2.45, 2.75) is 31.3 Å². The fraction of sp³-hybridized carbons (Fsp3) is 0.318. The number of ether oxygens (including phenoxy) is 1. The Labute approximate surface area is 170 Å². The molecular weight excluding hydrogens is 370 g/mol. The molecule has 0 saturated carbocycles. The fourth-order valence-electron chi connectivity index (χ4n) is 2.80. The Morgan fingerprint density at radius 2 is 1.68 bits per heavy atom. The Morgan fingerprint density at radius 1 is 1.04 bits per heavy atom. The quantitative estimate of drug-likeness (QED) is 0.445. The number of hydrogen-bond acceptors (Lipinski definition) is 5. The van der Waals surface area contributed by atoms with Crippen molar-refractivity contribution in [3.05, 3.63) is 59.7 Å². The number of hydrogen-bond donors (Lipinski definition) is 0. The normalized spacial score (nSPS) is 11.5. The number of Topliss-reactive ketones (excluding diaryl/α,β-unsaturated/α-hetero) is 1. The van der Waals surface area contributed by atoms with Gasteiger partial charge in [-0.15, -0.1) is 10.2 Å². The van der Waals surface area contributed by atoms with Crippen LogP contribution in [0.4, 0.5) is 0 Å². The van der Waals surface area contributed by atoms with Gasteiger partial charge in [0.1, 0.15) is 5.75 Å². The molecule has 3 aromatic rings. The summed E-state index contributed by atoms with van der Waals surface area (Å²) in [5.41, 5.74) is 2.96. The molecule has 3 rings (SSSR count). The number of benzene rings is 2. The van der Waals surface area contributed by atoms with Crippen LogP contribution < -0.4 is 4.74 Å². The molecule has 0 atom stereocenters. The summed E-state index contributed by atoms with van der Waals surface area (Å²) in [5, 5.41) is 9.22. The molecule has 0 unspecified atom stereocenters. The molecule has 6 heteroatoms. The van der Waals surface area contributed by atoms with Crippen molar-refractivity contribution < 1.29 is 9.53 Å². The summed E-state index contributed by atoms with van der Waals surface area (Å²) in [6.45, 7) is 6.48. The molecule has 1 heterocycles. The molecule has 0 spiro atoms. The summed E-state index contributed by atoms with van der Waals surface area (Å²) in [7, 11) is 3.55. The van der Waals surface area contributed by atoms with Crippen molar-refractivity contribution in [1.29, 1.82) is 0 Å². The monoisotopic (exact) mass is 395 g/mol. The predicted octanol–water partition coefficient (Wildman–Crippen LogP) is 4.76. The fourth-order valence-corrected chi connectivity index (χ4v) is 3.61. The third kappa shape index (κ3) is 4.44. The van der Waals surface area contributed by atoms with E-state index >= 15 is 0 Å². The first-order chi connectivity index (χ1) is 13.3. The topological polar surface area (TPSA) is 57.0 Å². The molecule has 28 heavy (non-hydrogen) atoms. The van der Waals surface area contributed by atoms with E-state index in [1.54, 1.807) is 7.11 Å². The van der Waals surface area contributed by atoms with E-state index in [4.69, 9.17) is 4.74 Å². The largest absolute Gasteiger partial charge is 0.497 e. The van der Waals surface area contributed by atoms with Gasteiger partial charge in [-0.3, -0.25) is 4.79 Å². The van der Waals surface area contributed by atoms with E-state index < -0.39 is 0 Å². The van der Waals surface area contributed by atoms with Crippen molar-refractivity contribution in [2.24, 2.45) is 7.05 Å². The third-order valence-corrected chi connectivity index (χ3v) is 5.61. The molecule has 0 aliphatic rings. The molecule has 146 valence electrons. The summed E-state index contributed by atoms with van der Waals surface area (Å²) >= 11 is 1.40. The van der Waals surface area contributed by atoms with Crippen LogP contribution in [0.15, 0.2) is 53.7 Å². The van der Waals surface area contributed by atoms with E-state index in [2.05, 4.69) is 31.0 Å². The van der Waals surface area contributed by atoms with Gasteiger partial charge < -0.3 is 9.30 Å². The number of carbonyl (C=O) groups excluding carboxylic acids is 1. The minimum Gasteiger partial charge on any atom is -0.497 e. The van der Waals surface area contributed by atoms with Crippen LogP contribution in [0.3, 0.4) is 0 Å². The van der Waals surface area contributed by atoms with Crippen LogP contribution >= 0.6 is 11.8 Å². The lowest BCUT2D eigenvalue weighted by molar-refractivity contribution is 0.102. The van der Waals surface area contributed by atoms with Gasteiger partial charge in [-0.1, -0.05) is 56.8 Å². The van der Waals surface area contributed by atoms with Crippen LogP contribution in [0, 0.1) is 0 Å². The molecule has 0 amide bonds. The van der Waals surface area contributed by atoms with Crippen LogP contribution in [0.2, 0.25) is 0 Å².